The lowest BCUT2D eigenvalue weighted by Gasteiger charge is -2.29. The van der Waals surface area contributed by atoms with Gasteiger partial charge in [0.2, 0.25) is 11.8 Å². The highest BCUT2D eigenvalue weighted by atomic mass is 32.2. The Morgan fingerprint density at radius 2 is 1.61 bits per heavy atom. The highest BCUT2D eigenvalue weighted by molar-refractivity contribution is 8.00. The molecule has 4 aromatic rings. The van der Waals surface area contributed by atoms with Crippen LogP contribution in [-0.2, 0) is 16.2 Å². The summed E-state index contributed by atoms with van der Waals surface area (Å²) in [5.41, 5.74) is 3.57. The summed E-state index contributed by atoms with van der Waals surface area (Å²) in [4.78, 5) is 44.3. The summed E-state index contributed by atoms with van der Waals surface area (Å²) < 4.78 is 5.93. The lowest BCUT2D eigenvalue weighted by atomic mass is 9.83. The van der Waals surface area contributed by atoms with Crippen LogP contribution in [0, 0.1) is 12.8 Å². The van der Waals surface area contributed by atoms with Crippen molar-refractivity contribution in [2.45, 2.75) is 29.7 Å². The molecule has 0 aliphatic carbocycles. The van der Waals surface area contributed by atoms with E-state index in [1.54, 1.807) is 12.1 Å². The first kappa shape index (κ1) is 22.8. The molecule has 2 aliphatic heterocycles. The second-order valence-corrected chi connectivity index (χ2v) is 11.1. The molecule has 0 spiro atoms. The zero-order valence-corrected chi connectivity index (χ0v) is 21.0. The fourth-order valence-electron chi connectivity index (χ4n) is 4.84. The number of aromatic nitrogens is 1. The van der Waals surface area contributed by atoms with Gasteiger partial charge >= 0.3 is 4.87 Å². The van der Waals surface area contributed by atoms with Crippen LogP contribution in [-0.4, -0.2) is 22.0 Å². The number of aromatic amines is 1. The van der Waals surface area contributed by atoms with E-state index in [4.69, 9.17) is 4.74 Å². The molecule has 0 saturated carbocycles. The zero-order chi connectivity index (χ0) is 24.8. The van der Waals surface area contributed by atoms with Crippen LogP contribution in [0.4, 0.5) is 5.69 Å². The molecule has 180 valence electrons. The minimum atomic E-state index is -0.601. The van der Waals surface area contributed by atoms with Gasteiger partial charge in [0.05, 0.1) is 16.6 Å². The maximum absolute atomic E-state index is 13.7. The molecule has 1 saturated heterocycles. The normalized spacial score (nSPS) is 20.8. The number of thioether (sulfide) groups is 1. The average Bonchev–Trinajstić information content (AvgIpc) is 3.39. The van der Waals surface area contributed by atoms with Crippen LogP contribution in [0.5, 0.6) is 5.75 Å². The van der Waals surface area contributed by atoms with Crippen molar-refractivity contribution in [1.29, 1.82) is 0 Å². The van der Waals surface area contributed by atoms with Crippen molar-refractivity contribution < 1.29 is 14.3 Å². The van der Waals surface area contributed by atoms with Crippen LogP contribution in [0.25, 0.3) is 0 Å². The predicted octanol–water partition coefficient (Wildman–Crippen LogP) is 5.12. The molecular weight excluding hydrogens is 492 g/mol. The smallest absolute Gasteiger partial charge is 0.305 e. The number of H-pyrrole nitrogens is 1. The Bertz CT molecular complexity index is 1490. The lowest BCUT2D eigenvalue weighted by molar-refractivity contribution is -0.122. The number of hydrogen-bond donors (Lipinski definition) is 1. The number of carbonyl (C=O) groups excluding carboxylic acids is 2. The van der Waals surface area contributed by atoms with Gasteiger partial charge in [-0.25, -0.2) is 4.90 Å². The first-order valence-corrected chi connectivity index (χ1v) is 13.3. The number of ether oxygens (including phenoxy) is 1. The molecule has 8 heteroatoms. The standard InChI is InChI=1S/C28H22N2O4S2/c1-16-7-11-19(12-8-16)30-26(31)22-21(23-25(29-28(33)36-23)35-24(22)27(30)32)18-9-13-20(14-10-18)34-15-17-5-3-2-4-6-17/h2-14,21-22,24H,15H2,1H3,(H,29,33)/t21-,22-,24+/m0/s1. The van der Waals surface area contributed by atoms with E-state index in [1.165, 1.54) is 16.7 Å². The largest absolute Gasteiger partial charge is 0.489 e. The molecule has 3 heterocycles. The predicted molar refractivity (Wildman–Crippen MR) is 141 cm³/mol. The van der Waals surface area contributed by atoms with E-state index >= 15 is 0 Å². The van der Waals surface area contributed by atoms with E-state index in [0.29, 0.717) is 23.1 Å². The third-order valence-corrected chi connectivity index (χ3v) is 9.00. The van der Waals surface area contributed by atoms with Crippen molar-refractivity contribution in [2.24, 2.45) is 5.92 Å². The molecule has 1 fully saturated rings. The fourth-order valence-corrected chi connectivity index (χ4v) is 7.35. The van der Waals surface area contributed by atoms with Gasteiger partial charge in [-0.05, 0) is 42.3 Å². The highest BCUT2D eigenvalue weighted by Gasteiger charge is 2.56. The number of anilines is 1. The number of hydrogen-bond acceptors (Lipinski definition) is 6. The first-order chi connectivity index (χ1) is 17.5. The van der Waals surface area contributed by atoms with Crippen LogP contribution in [0.15, 0.2) is 88.7 Å². The second-order valence-electron chi connectivity index (χ2n) is 8.94. The number of fused-ring (bicyclic) bond motifs is 2. The number of nitrogens with zero attached hydrogens (tertiary/aromatic N) is 1. The van der Waals surface area contributed by atoms with E-state index in [0.717, 1.165) is 32.9 Å². The van der Waals surface area contributed by atoms with Gasteiger partial charge in [0, 0.05) is 10.8 Å². The van der Waals surface area contributed by atoms with Gasteiger partial charge in [-0.1, -0.05) is 83.3 Å². The highest BCUT2D eigenvalue weighted by Crippen LogP contribution is 2.53. The number of rotatable bonds is 5. The van der Waals surface area contributed by atoms with E-state index in [-0.39, 0.29) is 16.7 Å². The van der Waals surface area contributed by atoms with E-state index in [2.05, 4.69) is 4.98 Å². The van der Waals surface area contributed by atoms with Gasteiger partial charge in [-0.3, -0.25) is 14.4 Å². The molecule has 3 atom stereocenters. The van der Waals surface area contributed by atoms with Crippen molar-refractivity contribution in [3.8, 4) is 5.75 Å². The summed E-state index contributed by atoms with van der Waals surface area (Å²) in [6.07, 6.45) is 0. The monoisotopic (exact) mass is 514 g/mol. The molecule has 6 rings (SSSR count). The Kier molecular flexibility index (Phi) is 5.78. The second kappa shape index (κ2) is 9.11. The molecule has 0 unspecified atom stereocenters. The first-order valence-electron chi connectivity index (χ1n) is 11.6. The lowest BCUT2D eigenvalue weighted by Crippen LogP contribution is -2.32. The van der Waals surface area contributed by atoms with Crippen molar-refractivity contribution in [2.75, 3.05) is 4.90 Å². The number of carbonyl (C=O) groups is 2. The SMILES string of the molecule is Cc1ccc(N2C(=O)[C@H]3[C@H](c4ccc(OCc5ccccc5)cc4)c4sc(=O)[nH]c4S[C@H]3C2=O)cc1. The minimum Gasteiger partial charge on any atom is -0.489 e. The van der Waals surface area contributed by atoms with Gasteiger partial charge in [0.25, 0.3) is 0 Å². The summed E-state index contributed by atoms with van der Waals surface area (Å²) in [6, 6.07) is 24.9. The molecule has 36 heavy (non-hydrogen) atoms. The molecule has 0 bridgehead atoms. The van der Waals surface area contributed by atoms with Crippen LogP contribution in [0.3, 0.4) is 0 Å². The third-order valence-electron chi connectivity index (χ3n) is 6.60. The molecule has 2 amide bonds. The Hall–Kier alpha value is -3.62. The number of nitrogens with one attached hydrogen (secondary N) is 1. The summed E-state index contributed by atoms with van der Waals surface area (Å²) in [5.74, 6) is -0.766. The molecule has 0 radical (unpaired) electrons. The van der Waals surface area contributed by atoms with Crippen molar-refractivity contribution in [3.05, 3.63) is 110 Å². The third kappa shape index (κ3) is 3.96. The number of amides is 2. The summed E-state index contributed by atoms with van der Waals surface area (Å²) >= 11 is 2.40. The number of imide groups is 1. The number of aryl methyl sites for hydroxylation is 1. The van der Waals surface area contributed by atoms with Crippen molar-refractivity contribution in [1.82, 2.24) is 4.98 Å². The Morgan fingerprint density at radius 3 is 2.33 bits per heavy atom. The molecule has 2 aliphatic rings. The molecule has 1 N–H and O–H groups in total. The van der Waals surface area contributed by atoms with Gasteiger partial charge in [-0.15, -0.1) is 0 Å². The number of thiazole rings is 1. The maximum atomic E-state index is 13.7. The summed E-state index contributed by atoms with van der Waals surface area (Å²) in [7, 11) is 0. The minimum absolute atomic E-state index is 0.185. The maximum Gasteiger partial charge on any atom is 0.305 e. The van der Waals surface area contributed by atoms with E-state index < -0.39 is 17.1 Å². The van der Waals surface area contributed by atoms with Gasteiger partial charge in [0.1, 0.15) is 17.6 Å². The van der Waals surface area contributed by atoms with Gasteiger partial charge in [-0.2, -0.15) is 0 Å². The Balaban J connectivity index is 1.34. The molecule has 6 nitrogen and oxygen atoms in total. The van der Waals surface area contributed by atoms with Crippen LogP contribution >= 0.6 is 23.1 Å². The van der Waals surface area contributed by atoms with Gasteiger partial charge in [0.15, 0.2) is 0 Å². The average molecular weight is 515 g/mol. The van der Waals surface area contributed by atoms with E-state index in [1.807, 2.05) is 73.7 Å². The zero-order valence-electron chi connectivity index (χ0n) is 19.3. The number of benzene rings is 3. The fraction of sp³-hybridized carbons (Fsp3) is 0.179. The van der Waals surface area contributed by atoms with Crippen LogP contribution in [0.2, 0.25) is 0 Å². The summed E-state index contributed by atoms with van der Waals surface area (Å²) in [6.45, 7) is 2.41. The molecular formula is C28H22N2O4S2. The van der Waals surface area contributed by atoms with Crippen LogP contribution < -0.4 is 14.5 Å². The Morgan fingerprint density at radius 1 is 0.889 bits per heavy atom. The van der Waals surface area contributed by atoms with Gasteiger partial charge < -0.3 is 9.72 Å². The van der Waals surface area contributed by atoms with Crippen molar-refractivity contribution in [3.63, 3.8) is 0 Å². The quantitative estimate of drug-likeness (QED) is 0.374. The van der Waals surface area contributed by atoms with Crippen LogP contribution in [0.1, 0.15) is 27.5 Å². The van der Waals surface area contributed by atoms with E-state index in [9.17, 15) is 14.4 Å². The molecule has 1 aromatic heterocycles. The summed E-state index contributed by atoms with van der Waals surface area (Å²) in [5, 5.41) is 0.0723. The Labute approximate surface area is 215 Å². The van der Waals surface area contributed by atoms with Crippen molar-refractivity contribution >= 4 is 40.6 Å². The molecule has 3 aromatic carbocycles. The topological polar surface area (TPSA) is 79.5 Å².